The highest BCUT2D eigenvalue weighted by molar-refractivity contribution is 7.99. The Balaban J connectivity index is 1.68. The van der Waals surface area contributed by atoms with E-state index in [1.54, 1.807) is 0 Å². The van der Waals surface area contributed by atoms with E-state index in [-0.39, 0.29) is 0 Å². The van der Waals surface area contributed by atoms with Gasteiger partial charge in [0.15, 0.2) is 5.65 Å². The van der Waals surface area contributed by atoms with Crippen molar-refractivity contribution >= 4 is 22.9 Å². The third-order valence-electron chi connectivity index (χ3n) is 4.71. The summed E-state index contributed by atoms with van der Waals surface area (Å²) in [7, 11) is 0. The van der Waals surface area contributed by atoms with Gasteiger partial charge in [0.2, 0.25) is 0 Å². The molecule has 2 fully saturated rings. The van der Waals surface area contributed by atoms with Gasteiger partial charge in [-0.05, 0) is 50.0 Å². The fourth-order valence-corrected chi connectivity index (χ4v) is 4.73. The van der Waals surface area contributed by atoms with Crippen LogP contribution in [0.2, 0.25) is 0 Å². The van der Waals surface area contributed by atoms with Crippen LogP contribution in [0, 0.1) is 0 Å². The lowest BCUT2D eigenvalue weighted by Gasteiger charge is -2.27. The molecule has 2 unspecified atom stereocenters. The quantitative estimate of drug-likeness (QED) is 0.867. The van der Waals surface area contributed by atoms with Gasteiger partial charge in [0.05, 0.1) is 6.10 Å². The molecule has 2 aromatic rings. The van der Waals surface area contributed by atoms with Crippen molar-refractivity contribution in [2.75, 3.05) is 18.1 Å². The third-order valence-corrected chi connectivity index (χ3v) is 5.91. The molecule has 2 aliphatic heterocycles. The number of ether oxygens (including phenoxy) is 1. The number of imidazole rings is 1. The predicted octanol–water partition coefficient (Wildman–Crippen LogP) is 3.61. The Morgan fingerprint density at radius 3 is 3.09 bits per heavy atom. The van der Waals surface area contributed by atoms with Crippen molar-refractivity contribution < 1.29 is 4.74 Å². The molecule has 0 aromatic carbocycles. The van der Waals surface area contributed by atoms with E-state index in [1.165, 1.54) is 43.0 Å². The first-order valence-corrected chi connectivity index (χ1v) is 9.58. The monoisotopic (exact) mass is 317 g/mol. The topological polar surface area (TPSA) is 39.9 Å². The Morgan fingerprint density at radius 2 is 2.27 bits per heavy atom. The van der Waals surface area contributed by atoms with Crippen LogP contribution in [-0.4, -0.2) is 38.8 Å². The van der Waals surface area contributed by atoms with E-state index in [1.807, 2.05) is 12.3 Å². The van der Waals surface area contributed by atoms with Crippen molar-refractivity contribution in [1.82, 2.24) is 14.5 Å². The lowest BCUT2D eigenvalue weighted by Crippen LogP contribution is -2.25. The molecule has 4 rings (SSSR count). The number of fused-ring (bicyclic) bond motifs is 1. The van der Waals surface area contributed by atoms with Crippen molar-refractivity contribution in [2.45, 2.75) is 50.7 Å². The zero-order valence-electron chi connectivity index (χ0n) is 12.9. The van der Waals surface area contributed by atoms with E-state index < -0.39 is 0 Å². The molecule has 4 heterocycles. The van der Waals surface area contributed by atoms with E-state index >= 15 is 0 Å². The van der Waals surface area contributed by atoms with E-state index in [4.69, 9.17) is 9.72 Å². The summed E-state index contributed by atoms with van der Waals surface area (Å²) in [6.07, 6.45) is 9.33. The van der Waals surface area contributed by atoms with Gasteiger partial charge in [-0.15, -0.1) is 0 Å². The molecule has 0 spiro atoms. The number of hydrogen-bond acceptors (Lipinski definition) is 4. The van der Waals surface area contributed by atoms with E-state index in [9.17, 15) is 0 Å². The van der Waals surface area contributed by atoms with E-state index in [0.29, 0.717) is 12.1 Å². The fraction of sp³-hybridized carbons (Fsp3) is 0.647. The molecule has 0 aliphatic carbocycles. The third kappa shape index (κ3) is 2.88. The molecule has 0 N–H and O–H groups in total. The predicted molar refractivity (Wildman–Crippen MR) is 90.4 cm³/mol. The smallest absolute Gasteiger partial charge is 0.160 e. The number of hydrogen-bond donors (Lipinski definition) is 0. The van der Waals surface area contributed by atoms with Crippen LogP contribution in [0.25, 0.3) is 11.2 Å². The van der Waals surface area contributed by atoms with Gasteiger partial charge in [0, 0.05) is 31.0 Å². The number of aromatic nitrogens is 3. The van der Waals surface area contributed by atoms with Crippen LogP contribution in [-0.2, 0) is 11.2 Å². The van der Waals surface area contributed by atoms with Gasteiger partial charge in [-0.3, -0.25) is 0 Å². The first-order valence-electron chi connectivity index (χ1n) is 8.43. The average molecular weight is 317 g/mol. The second-order valence-corrected chi connectivity index (χ2v) is 7.46. The minimum Gasteiger partial charge on any atom is -0.378 e. The molecule has 22 heavy (non-hydrogen) atoms. The SMILES string of the molecule is c1cnc2c(c1)nc(CC1CCCCO1)n2C1CCCSC1. The molecule has 4 nitrogen and oxygen atoms in total. The molecule has 0 radical (unpaired) electrons. The van der Waals surface area contributed by atoms with Crippen LogP contribution < -0.4 is 0 Å². The lowest BCUT2D eigenvalue weighted by molar-refractivity contribution is 0.0151. The van der Waals surface area contributed by atoms with Crippen molar-refractivity contribution in [3.05, 3.63) is 24.2 Å². The maximum Gasteiger partial charge on any atom is 0.160 e. The van der Waals surface area contributed by atoms with Crippen LogP contribution in [0.3, 0.4) is 0 Å². The van der Waals surface area contributed by atoms with Gasteiger partial charge in [-0.25, -0.2) is 9.97 Å². The Labute approximate surface area is 135 Å². The van der Waals surface area contributed by atoms with Crippen LogP contribution in [0.15, 0.2) is 18.3 Å². The molecule has 5 heteroatoms. The maximum absolute atomic E-state index is 5.94. The number of pyridine rings is 1. The summed E-state index contributed by atoms with van der Waals surface area (Å²) in [6, 6.07) is 4.60. The second-order valence-electron chi connectivity index (χ2n) is 6.31. The zero-order chi connectivity index (χ0) is 14.8. The molecule has 0 bridgehead atoms. The summed E-state index contributed by atoms with van der Waals surface area (Å²) >= 11 is 2.06. The summed E-state index contributed by atoms with van der Waals surface area (Å²) in [5.41, 5.74) is 2.09. The van der Waals surface area contributed by atoms with Crippen molar-refractivity contribution in [3.8, 4) is 0 Å². The first kappa shape index (κ1) is 14.5. The summed E-state index contributed by atoms with van der Waals surface area (Å²) in [4.78, 5) is 9.51. The lowest BCUT2D eigenvalue weighted by atomic mass is 10.1. The van der Waals surface area contributed by atoms with Crippen LogP contribution in [0.1, 0.15) is 44.0 Å². The summed E-state index contributed by atoms with van der Waals surface area (Å²) in [6.45, 7) is 0.905. The molecule has 2 saturated heterocycles. The Bertz CT molecular complexity index is 630. The highest BCUT2D eigenvalue weighted by Gasteiger charge is 2.25. The zero-order valence-corrected chi connectivity index (χ0v) is 13.7. The highest BCUT2D eigenvalue weighted by Crippen LogP contribution is 2.31. The van der Waals surface area contributed by atoms with Crippen molar-refractivity contribution in [3.63, 3.8) is 0 Å². The largest absolute Gasteiger partial charge is 0.378 e. The molecular weight excluding hydrogens is 294 g/mol. The van der Waals surface area contributed by atoms with Gasteiger partial charge in [-0.2, -0.15) is 11.8 Å². The van der Waals surface area contributed by atoms with Gasteiger partial charge >= 0.3 is 0 Å². The Kier molecular flexibility index (Phi) is 4.35. The van der Waals surface area contributed by atoms with Crippen LogP contribution >= 0.6 is 11.8 Å². The van der Waals surface area contributed by atoms with Crippen LogP contribution in [0.4, 0.5) is 0 Å². The van der Waals surface area contributed by atoms with E-state index in [0.717, 1.165) is 30.6 Å². The number of thioether (sulfide) groups is 1. The molecule has 0 amide bonds. The average Bonchev–Trinajstić information content (AvgIpc) is 2.94. The van der Waals surface area contributed by atoms with Gasteiger partial charge in [-0.1, -0.05) is 0 Å². The fourth-order valence-electron chi connectivity index (χ4n) is 3.60. The molecular formula is C17H23N3OS. The molecule has 0 saturated carbocycles. The summed E-state index contributed by atoms with van der Waals surface area (Å²) < 4.78 is 8.36. The highest BCUT2D eigenvalue weighted by atomic mass is 32.2. The number of rotatable bonds is 3. The maximum atomic E-state index is 5.94. The number of nitrogens with zero attached hydrogens (tertiary/aromatic N) is 3. The van der Waals surface area contributed by atoms with Crippen LogP contribution in [0.5, 0.6) is 0 Å². The minimum absolute atomic E-state index is 0.334. The Morgan fingerprint density at radius 1 is 1.27 bits per heavy atom. The minimum atomic E-state index is 0.334. The molecule has 2 atom stereocenters. The molecule has 118 valence electrons. The molecule has 2 aliphatic rings. The van der Waals surface area contributed by atoms with Gasteiger partial charge in [0.25, 0.3) is 0 Å². The normalized spacial score (nSPS) is 26.4. The standard InChI is InChI=1S/C17H23N3OS/c1-2-9-21-14(6-1)11-16-19-15-7-3-8-18-17(15)20(16)13-5-4-10-22-12-13/h3,7-8,13-14H,1-2,4-6,9-12H2. The summed E-state index contributed by atoms with van der Waals surface area (Å²) in [5.74, 6) is 3.64. The first-order chi connectivity index (χ1) is 10.9. The van der Waals surface area contributed by atoms with Crippen molar-refractivity contribution in [2.24, 2.45) is 0 Å². The van der Waals surface area contributed by atoms with E-state index in [2.05, 4.69) is 27.4 Å². The summed E-state index contributed by atoms with van der Waals surface area (Å²) in [5, 5.41) is 0. The van der Waals surface area contributed by atoms with Gasteiger partial charge in [0.1, 0.15) is 11.3 Å². The second kappa shape index (κ2) is 6.59. The Hall–Kier alpha value is -1.07. The van der Waals surface area contributed by atoms with Crippen molar-refractivity contribution in [1.29, 1.82) is 0 Å². The van der Waals surface area contributed by atoms with Gasteiger partial charge < -0.3 is 9.30 Å². The molecule has 2 aromatic heterocycles.